The minimum Gasteiger partial charge on any atom is -0.508 e. The van der Waals surface area contributed by atoms with Crippen molar-refractivity contribution in [3.8, 4) is 11.5 Å². The van der Waals surface area contributed by atoms with E-state index in [0.29, 0.717) is 32.4 Å². The Morgan fingerprint density at radius 3 is 2.12 bits per heavy atom. The molecule has 214 valence electrons. The number of carbonyl (C=O) groups excluding carboxylic acids is 3. The largest absolute Gasteiger partial charge is 0.508 e. The maximum Gasteiger partial charge on any atom is 0.247 e. The van der Waals surface area contributed by atoms with Crippen LogP contribution in [-0.2, 0) is 40.2 Å². The standard InChI is InChI=1S/C33H37N3O5/c1-21(2)17-28(31(39)34-16-15-22-7-11-26(37)12-8-22)36-30(18-23-9-13-27(38)14-10-23)32(40)35-20-25-6-4-3-5-24(25)19-29(35)33(36)41/h3-14,21,28-30,37-38H,15-20H2,1-2H3,(H,34,39)/t28?,29-,30-/m0/s1. The van der Waals surface area contributed by atoms with Gasteiger partial charge in [-0.2, -0.15) is 0 Å². The number of amides is 3. The number of phenols is 2. The van der Waals surface area contributed by atoms with Gasteiger partial charge in [-0.3, -0.25) is 14.4 Å². The fourth-order valence-electron chi connectivity index (χ4n) is 5.93. The number of rotatable bonds is 9. The molecule has 2 aliphatic heterocycles. The second-order valence-electron chi connectivity index (χ2n) is 11.4. The third kappa shape index (κ3) is 6.21. The summed E-state index contributed by atoms with van der Waals surface area (Å²) in [6.07, 6.45) is 1.64. The third-order valence-corrected chi connectivity index (χ3v) is 8.04. The van der Waals surface area contributed by atoms with Crippen LogP contribution in [0.2, 0.25) is 0 Å². The Kier molecular flexibility index (Phi) is 8.28. The number of piperazine rings is 1. The Balaban J connectivity index is 1.45. The van der Waals surface area contributed by atoms with Crippen LogP contribution in [0.4, 0.5) is 0 Å². The Bertz CT molecular complexity index is 1400. The van der Waals surface area contributed by atoms with E-state index in [0.717, 1.165) is 22.3 Å². The normalized spacial score (nSPS) is 19.1. The van der Waals surface area contributed by atoms with Crippen molar-refractivity contribution in [1.82, 2.24) is 15.1 Å². The smallest absolute Gasteiger partial charge is 0.247 e. The summed E-state index contributed by atoms with van der Waals surface area (Å²) in [5.41, 5.74) is 3.85. The molecular formula is C33H37N3O5. The zero-order valence-corrected chi connectivity index (χ0v) is 23.5. The SMILES string of the molecule is CC(C)CC(C(=O)NCCc1ccc(O)cc1)N1C(=O)[C@@H]2Cc3ccccc3CN2C(=O)[C@@H]1Cc1ccc(O)cc1. The molecule has 1 saturated heterocycles. The number of phenolic OH excluding ortho intramolecular Hbond substituents is 2. The van der Waals surface area contributed by atoms with E-state index in [9.17, 15) is 24.6 Å². The van der Waals surface area contributed by atoms with Crippen molar-refractivity contribution in [2.75, 3.05) is 6.54 Å². The molecule has 3 aromatic carbocycles. The molecule has 8 heteroatoms. The molecule has 2 aliphatic rings. The van der Waals surface area contributed by atoms with E-state index in [1.54, 1.807) is 46.2 Å². The molecule has 0 aliphatic carbocycles. The number of benzene rings is 3. The van der Waals surface area contributed by atoms with Gasteiger partial charge in [0, 0.05) is 25.9 Å². The molecule has 8 nitrogen and oxygen atoms in total. The van der Waals surface area contributed by atoms with Crippen LogP contribution in [0.1, 0.15) is 42.5 Å². The van der Waals surface area contributed by atoms with Gasteiger partial charge in [-0.1, -0.05) is 62.4 Å². The highest BCUT2D eigenvalue weighted by molar-refractivity contribution is 6.00. The van der Waals surface area contributed by atoms with Crippen LogP contribution in [0.25, 0.3) is 0 Å². The van der Waals surface area contributed by atoms with Crippen LogP contribution in [0, 0.1) is 5.92 Å². The maximum atomic E-state index is 14.3. The highest BCUT2D eigenvalue weighted by atomic mass is 16.3. The highest BCUT2D eigenvalue weighted by Gasteiger charge is 2.51. The van der Waals surface area contributed by atoms with Gasteiger partial charge in [0.1, 0.15) is 29.6 Å². The number of carbonyl (C=O) groups is 3. The van der Waals surface area contributed by atoms with E-state index < -0.39 is 18.1 Å². The van der Waals surface area contributed by atoms with Gasteiger partial charge in [-0.05, 0) is 65.3 Å². The van der Waals surface area contributed by atoms with E-state index in [1.165, 1.54) is 0 Å². The zero-order valence-electron chi connectivity index (χ0n) is 23.5. The van der Waals surface area contributed by atoms with Crippen LogP contribution in [-0.4, -0.2) is 62.4 Å². The van der Waals surface area contributed by atoms with E-state index in [1.807, 2.05) is 50.2 Å². The second kappa shape index (κ2) is 12.0. The van der Waals surface area contributed by atoms with E-state index in [2.05, 4.69) is 5.32 Å². The number of hydrogen-bond acceptors (Lipinski definition) is 5. The average Bonchev–Trinajstić information content (AvgIpc) is 2.96. The molecule has 5 rings (SSSR count). The van der Waals surface area contributed by atoms with Crippen molar-refractivity contribution < 1.29 is 24.6 Å². The van der Waals surface area contributed by atoms with Crippen molar-refractivity contribution >= 4 is 17.7 Å². The van der Waals surface area contributed by atoms with E-state index in [4.69, 9.17) is 0 Å². The van der Waals surface area contributed by atoms with E-state index >= 15 is 0 Å². The minimum atomic E-state index is -0.847. The lowest BCUT2D eigenvalue weighted by Gasteiger charge is -2.49. The first-order valence-electron chi connectivity index (χ1n) is 14.2. The molecule has 2 heterocycles. The van der Waals surface area contributed by atoms with Crippen LogP contribution in [0.5, 0.6) is 11.5 Å². The predicted octanol–water partition coefficient (Wildman–Crippen LogP) is 3.58. The molecule has 0 bridgehead atoms. The summed E-state index contributed by atoms with van der Waals surface area (Å²) in [4.78, 5) is 45.5. The van der Waals surface area contributed by atoms with Crippen molar-refractivity contribution in [2.24, 2.45) is 5.92 Å². The Labute approximate surface area is 240 Å². The lowest BCUT2D eigenvalue weighted by Crippen LogP contribution is -2.70. The maximum absolute atomic E-state index is 14.3. The summed E-state index contributed by atoms with van der Waals surface area (Å²) in [6, 6.07) is 19.0. The molecule has 3 amide bonds. The Morgan fingerprint density at radius 2 is 1.49 bits per heavy atom. The summed E-state index contributed by atoms with van der Waals surface area (Å²) < 4.78 is 0. The molecule has 3 atom stereocenters. The van der Waals surface area contributed by atoms with Gasteiger partial charge in [0.2, 0.25) is 17.7 Å². The Hall–Kier alpha value is -4.33. The van der Waals surface area contributed by atoms with Crippen molar-refractivity contribution in [3.63, 3.8) is 0 Å². The van der Waals surface area contributed by atoms with E-state index in [-0.39, 0.29) is 41.6 Å². The van der Waals surface area contributed by atoms with Gasteiger partial charge in [0.25, 0.3) is 0 Å². The zero-order chi connectivity index (χ0) is 29.1. The molecular weight excluding hydrogens is 518 g/mol. The number of hydrogen-bond donors (Lipinski definition) is 3. The third-order valence-electron chi connectivity index (χ3n) is 8.04. The van der Waals surface area contributed by atoms with Gasteiger partial charge < -0.3 is 25.3 Å². The average molecular weight is 556 g/mol. The van der Waals surface area contributed by atoms with Crippen LogP contribution in [0.15, 0.2) is 72.8 Å². The second-order valence-corrected chi connectivity index (χ2v) is 11.4. The Morgan fingerprint density at radius 1 is 0.878 bits per heavy atom. The quantitative estimate of drug-likeness (QED) is 0.374. The topological polar surface area (TPSA) is 110 Å². The first kappa shape index (κ1) is 28.2. The summed E-state index contributed by atoms with van der Waals surface area (Å²) >= 11 is 0. The fourth-order valence-corrected chi connectivity index (χ4v) is 5.93. The van der Waals surface area contributed by atoms with Crippen LogP contribution >= 0.6 is 0 Å². The van der Waals surface area contributed by atoms with Gasteiger partial charge in [-0.25, -0.2) is 0 Å². The minimum absolute atomic E-state index is 0.102. The number of nitrogens with zero attached hydrogens (tertiary/aromatic N) is 2. The number of aromatic hydroxyl groups is 2. The monoisotopic (exact) mass is 555 g/mol. The summed E-state index contributed by atoms with van der Waals surface area (Å²) in [5.74, 6) is -0.244. The summed E-state index contributed by atoms with van der Waals surface area (Å²) in [7, 11) is 0. The van der Waals surface area contributed by atoms with Crippen molar-refractivity contribution in [2.45, 2.75) is 64.2 Å². The highest BCUT2D eigenvalue weighted by Crippen LogP contribution is 2.33. The van der Waals surface area contributed by atoms with Crippen molar-refractivity contribution in [3.05, 3.63) is 95.1 Å². The van der Waals surface area contributed by atoms with Gasteiger partial charge in [0.15, 0.2) is 0 Å². The fraction of sp³-hybridized carbons (Fsp3) is 0.364. The number of fused-ring (bicyclic) bond motifs is 2. The van der Waals surface area contributed by atoms with Gasteiger partial charge in [-0.15, -0.1) is 0 Å². The first-order chi connectivity index (χ1) is 19.7. The molecule has 0 aromatic heterocycles. The molecule has 1 fully saturated rings. The summed E-state index contributed by atoms with van der Waals surface area (Å²) in [6.45, 7) is 4.73. The predicted molar refractivity (Wildman–Crippen MR) is 155 cm³/mol. The number of nitrogens with one attached hydrogen (secondary N) is 1. The molecule has 41 heavy (non-hydrogen) atoms. The molecule has 0 radical (unpaired) electrons. The van der Waals surface area contributed by atoms with Gasteiger partial charge in [0.05, 0.1) is 0 Å². The molecule has 1 unspecified atom stereocenters. The molecule has 3 aromatic rings. The molecule has 3 N–H and O–H groups in total. The summed E-state index contributed by atoms with van der Waals surface area (Å²) in [5, 5.41) is 22.3. The van der Waals surface area contributed by atoms with Crippen LogP contribution in [0.3, 0.4) is 0 Å². The van der Waals surface area contributed by atoms with Crippen molar-refractivity contribution in [1.29, 1.82) is 0 Å². The first-order valence-corrected chi connectivity index (χ1v) is 14.2. The molecule has 0 spiro atoms. The van der Waals surface area contributed by atoms with Gasteiger partial charge >= 0.3 is 0 Å². The van der Waals surface area contributed by atoms with Crippen LogP contribution < -0.4 is 5.32 Å². The lowest BCUT2D eigenvalue weighted by molar-refractivity contribution is -0.168. The molecule has 0 saturated carbocycles. The lowest BCUT2D eigenvalue weighted by atomic mass is 9.87.